The van der Waals surface area contributed by atoms with E-state index in [1.807, 2.05) is 13.8 Å². The lowest BCUT2D eigenvalue weighted by molar-refractivity contribution is -0.302. The fourth-order valence-electron chi connectivity index (χ4n) is 13.9. The van der Waals surface area contributed by atoms with E-state index in [4.69, 9.17) is 33.2 Å². The van der Waals surface area contributed by atoms with Crippen LogP contribution in [0.2, 0.25) is 0 Å². The minimum absolute atomic E-state index is 0.0477. The molecule has 0 amide bonds. The van der Waals surface area contributed by atoms with Crippen molar-refractivity contribution in [1.82, 2.24) is 4.90 Å². The molecule has 3 N–H and O–H groups in total. The number of carbonyl (C=O) groups excluding carboxylic acids is 6. The van der Waals surface area contributed by atoms with Gasteiger partial charge in [0.1, 0.15) is 23.9 Å². The quantitative estimate of drug-likeness (QED) is 0.212. The Balaban J connectivity index is 1.39. The standard InChI is InChI=1S/C45H67NO16/c1-12-22(3)38(51)60-37-35(58-26(7)49)34-28(20-46-19-21(2)13-14-32(46)41(34,10)53)29-18-43-36(44(29,37)54)30(57-25(6)48)17-31-40(43,9)16-15-33(45(31,55)62-43)59-39(52)42(11,61-27(8)50)23(4)56-24(5)47/h21-23,28-37,53-55H,12-20H2,1-11H3/t21-,22+,23-,28-,29+,30-,31-,32+,33-,34+,35-,36-,37+,40+,41-,42-,43-,44+,45+/m1/s1. The summed E-state index contributed by atoms with van der Waals surface area (Å²) in [6.45, 7) is 17.7. The molecule has 7 fully saturated rings. The summed E-state index contributed by atoms with van der Waals surface area (Å²) in [6, 6.07) is -0.327. The number of fused-ring (bicyclic) bond motifs is 5. The first kappa shape index (κ1) is 46.6. The molecule has 7 aliphatic rings. The minimum Gasteiger partial charge on any atom is -0.462 e. The van der Waals surface area contributed by atoms with Gasteiger partial charge in [-0.25, -0.2) is 4.79 Å². The fourth-order valence-corrected chi connectivity index (χ4v) is 13.9. The van der Waals surface area contributed by atoms with Gasteiger partial charge in [0.15, 0.2) is 12.2 Å². The minimum atomic E-state index is -2.26. The normalized spacial score (nSPS) is 45.9. The summed E-state index contributed by atoms with van der Waals surface area (Å²) in [5.41, 5.74) is -8.28. The van der Waals surface area contributed by atoms with Gasteiger partial charge in [-0.3, -0.25) is 28.9 Å². The molecule has 7 rings (SSSR count). The number of carbonyl (C=O) groups is 6. The van der Waals surface area contributed by atoms with Gasteiger partial charge in [-0.2, -0.15) is 0 Å². The highest BCUT2D eigenvalue weighted by Crippen LogP contribution is 2.78. The first-order chi connectivity index (χ1) is 28.7. The molecule has 1 spiro atoms. The van der Waals surface area contributed by atoms with Crippen molar-refractivity contribution in [2.75, 3.05) is 13.1 Å². The second-order valence-electron chi connectivity index (χ2n) is 20.5. The molecule has 0 aromatic carbocycles. The van der Waals surface area contributed by atoms with E-state index in [0.29, 0.717) is 31.8 Å². The van der Waals surface area contributed by atoms with Crippen LogP contribution < -0.4 is 0 Å². The average Bonchev–Trinajstić information content (AvgIpc) is 3.43. The summed E-state index contributed by atoms with van der Waals surface area (Å²) in [4.78, 5) is 81.1. The van der Waals surface area contributed by atoms with Crippen molar-refractivity contribution in [3.8, 4) is 0 Å². The monoisotopic (exact) mass is 877 g/mol. The third-order valence-corrected chi connectivity index (χ3v) is 16.7. The predicted molar refractivity (Wildman–Crippen MR) is 214 cm³/mol. The van der Waals surface area contributed by atoms with Crippen LogP contribution in [-0.4, -0.2) is 134 Å². The highest BCUT2D eigenvalue weighted by Gasteiger charge is 2.88. The van der Waals surface area contributed by atoms with E-state index in [2.05, 4.69) is 11.8 Å². The molecule has 17 heteroatoms. The van der Waals surface area contributed by atoms with Crippen LogP contribution in [-0.2, 0) is 61.9 Å². The zero-order valence-corrected chi connectivity index (χ0v) is 38.0. The summed E-state index contributed by atoms with van der Waals surface area (Å²) in [5, 5.41) is 40.0. The Morgan fingerprint density at radius 2 is 1.53 bits per heavy atom. The Kier molecular flexibility index (Phi) is 11.8. The second-order valence-corrected chi connectivity index (χ2v) is 20.5. The third kappa shape index (κ3) is 6.79. The fraction of sp³-hybridized carbons (Fsp3) is 0.867. The summed E-state index contributed by atoms with van der Waals surface area (Å²) >= 11 is 0. The van der Waals surface area contributed by atoms with E-state index in [9.17, 15) is 44.1 Å². The van der Waals surface area contributed by atoms with Crippen molar-refractivity contribution in [3.05, 3.63) is 0 Å². The summed E-state index contributed by atoms with van der Waals surface area (Å²) in [7, 11) is 0. The zero-order valence-electron chi connectivity index (χ0n) is 38.0. The predicted octanol–water partition coefficient (Wildman–Crippen LogP) is 2.75. The van der Waals surface area contributed by atoms with Gasteiger partial charge in [0.2, 0.25) is 11.4 Å². The van der Waals surface area contributed by atoms with Crippen LogP contribution in [0.4, 0.5) is 0 Å². The highest BCUT2D eigenvalue weighted by molar-refractivity contribution is 5.84. The van der Waals surface area contributed by atoms with Crippen LogP contribution in [0.1, 0.15) is 121 Å². The van der Waals surface area contributed by atoms with Gasteiger partial charge in [-0.15, -0.1) is 0 Å². The lowest BCUT2D eigenvalue weighted by Crippen LogP contribution is -2.77. The molecular weight excluding hydrogens is 810 g/mol. The molecule has 3 heterocycles. The molecule has 0 aromatic heterocycles. The van der Waals surface area contributed by atoms with Crippen LogP contribution in [0.15, 0.2) is 0 Å². The summed E-state index contributed by atoms with van der Waals surface area (Å²) in [5.74, 6) is -11.6. The van der Waals surface area contributed by atoms with Crippen molar-refractivity contribution in [2.24, 2.45) is 46.8 Å². The SMILES string of the molecule is CC[C@H](C)C(=O)O[C@H]1[C@H](OC(C)=O)[C@@H]2[C@H](CN3C[C@H](C)CC[C@H]3[C@@]2(C)O)[C@@H]2C[C@]34O[C@]5(O)[C@H](OC(=O)[C@](C)(OC(C)=O)[C@@H](C)OC(C)=O)CC[C@@]3(C)[C@H]5C[C@@H](OC(C)=O)[C@H]4[C@@]21O. The molecule has 348 valence electrons. The topological polar surface area (TPSA) is 231 Å². The summed E-state index contributed by atoms with van der Waals surface area (Å²) in [6.07, 6.45) is -4.49. The van der Waals surface area contributed by atoms with Gasteiger partial charge in [0, 0.05) is 64.1 Å². The van der Waals surface area contributed by atoms with Crippen molar-refractivity contribution in [1.29, 1.82) is 0 Å². The van der Waals surface area contributed by atoms with Crippen molar-refractivity contribution in [2.45, 2.75) is 186 Å². The Bertz CT molecular complexity index is 1860. The van der Waals surface area contributed by atoms with Crippen LogP contribution in [0.3, 0.4) is 0 Å². The Morgan fingerprint density at radius 1 is 0.871 bits per heavy atom. The molecule has 3 saturated heterocycles. The van der Waals surface area contributed by atoms with E-state index in [-0.39, 0.29) is 31.7 Å². The molecule has 19 atom stereocenters. The number of esters is 6. The third-order valence-electron chi connectivity index (χ3n) is 16.7. The van der Waals surface area contributed by atoms with E-state index in [0.717, 1.165) is 20.3 Å². The van der Waals surface area contributed by atoms with Gasteiger partial charge in [0.05, 0.1) is 23.0 Å². The lowest BCUT2D eigenvalue weighted by Gasteiger charge is -2.64. The number of rotatable bonds is 10. The average molecular weight is 878 g/mol. The molecule has 0 unspecified atom stereocenters. The number of hydrogen-bond acceptors (Lipinski definition) is 17. The van der Waals surface area contributed by atoms with Crippen LogP contribution in [0, 0.1) is 46.8 Å². The molecule has 0 radical (unpaired) electrons. The van der Waals surface area contributed by atoms with Crippen LogP contribution in [0.5, 0.6) is 0 Å². The first-order valence-electron chi connectivity index (χ1n) is 22.5. The Hall–Kier alpha value is -3.38. The number of aliphatic hydroxyl groups is 3. The smallest absolute Gasteiger partial charge is 0.354 e. The van der Waals surface area contributed by atoms with E-state index >= 15 is 0 Å². The lowest BCUT2D eigenvalue weighted by atomic mass is 9.49. The summed E-state index contributed by atoms with van der Waals surface area (Å²) < 4.78 is 42.7. The van der Waals surface area contributed by atoms with Crippen LogP contribution >= 0.6 is 0 Å². The van der Waals surface area contributed by atoms with Gasteiger partial charge in [-0.05, 0) is 83.5 Å². The Labute approximate surface area is 363 Å². The maximum absolute atomic E-state index is 14.2. The van der Waals surface area contributed by atoms with Crippen molar-refractivity contribution < 1.29 is 77.2 Å². The molecule has 3 aliphatic heterocycles. The van der Waals surface area contributed by atoms with Gasteiger partial charge >= 0.3 is 35.8 Å². The first-order valence-corrected chi connectivity index (χ1v) is 22.5. The largest absolute Gasteiger partial charge is 0.462 e. The number of hydrogen-bond donors (Lipinski definition) is 3. The number of piperidine rings is 2. The number of ether oxygens (including phenoxy) is 7. The molecular formula is C45H67NO16. The molecule has 4 aliphatic carbocycles. The van der Waals surface area contributed by atoms with Crippen molar-refractivity contribution >= 4 is 35.8 Å². The molecule has 17 nitrogen and oxygen atoms in total. The zero-order chi connectivity index (χ0) is 45.9. The molecule has 4 bridgehead atoms. The molecule has 62 heavy (non-hydrogen) atoms. The number of nitrogens with zero attached hydrogens (tertiary/aromatic N) is 1. The maximum Gasteiger partial charge on any atom is 0.354 e. The van der Waals surface area contributed by atoms with Gasteiger partial charge in [-0.1, -0.05) is 27.7 Å². The highest BCUT2D eigenvalue weighted by atomic mass is 16.7. The molecule has 0 aromatic rings. The maximum atomic E-state index is 14.2. The van der Waals surface area contributed by atoms with Gasteiger partial charge in [0.25, 0.3) is 0 Å². The second kappa shape index (κ2) is 15.7. The van der Waals surface area contributed by atoms with E-state index < -0.39 is 135 Å². The van der Waals surface area contributed by atoms with E-state index in [1.54, 1.807) is 13.8 Å². The Morgan fingerprint density at radius 3 is 2.13 bits per heavy atom. The molecule has 4 saturated carbocycles. The van der Waals surface area contributed by atoms with Crippen molar-refractivity contribution in [3.63, 3.8) is 0 Å². The van der Waals surface area contributed by atoms with Crippen LogP contribution in [0.25, 0.3) is 0 Å². The van der Waals surface area contributed by atoms with Gasteiger partial charge < -0.3 is 48.5 Å². The van der Waals surface area contributed by atoms with E-state index in [1.165, 1.54) is 27.7 Å².